The Kier molecular flexibility index (Phi) is 8.63. The Balaban J connectivity index is 0.00000312. The summed E-state index contributed by atoms with van der Waals surface area (Å²) in [7, 11) is -3.68. The Hall–Kier alpha value is -0.860. The molecule has 9 heteroatoms. The average molecular weight is 410 g/mol. The van der Waals surface area contributed by atoms with E-state index in [9.17, 15) is 13.2 Å². The molecule has 2 rings (SSSR count). The molecule has 0 radical (unpaired) electrons. The van der Waals surface area contributed by atoms with E-state index in [0.29, 0.717) is 25.3 Å². The maximum absolute atomic E-state index is 12.7. The molecule has 6 nitrogen and oxygen atoms in total. The zero-order valence-electron chi connectivity index (χ0n) is 14.4. The molecule has 1 aliphatic heterocycles. The molecule has 1 aromatic rings. The van der Waals surface area contributed by atoms with Crippen LogP contribution in [0.2, 0.25) is 5.02 Å². The van der Waals surface area contributed by atoms with Gasteiger partial charge in [-0.25, -0.2) is 8.42 Å². The zero-order valence-corrected chi connectivity index (χ0v) is 16.8. The number of nitrogens with zero attached hydrogens (tertiary/aromatic N) is 1. The zero-order chi connectivity index (χ0) is 17.7. The maximum atomic E-state index is 12.7. The van der Waals surface area contributed by atoms with Gasteiger partial charge in [0, 0.05) is 25.3 Å². The van der Waals surface area contributed by atoms with Crippen LogP contribution >= 0.6 is 24.0 Å². The molecule has 1 aliphatic rings. The van der Waals surface area contributed by atoms with Crippen LogP contribution in [-0.4, -0.2) is 44.8 Å². The number of hydrogen-bond acceptors (Lipinski definition) is 4. The molecule has 2 N–H and O–H groups in total. The molecular formula is C16H25Cl2N3O3S. The number of carbonyl (C=O) groups is 1. The lowest BCUT2D eigenvalue weighted by molar-refractivity contribution is -0.120. The Morgan fingerprint density at radius 2 is 2.04 bits per heavy atom. The molecule has 25 heavy (non-hydrogen) atoms. The van der Waals surface area contributed by atoms with Crippen molar-refractivity contribution in [3.8, 4) is 0 Å². The van der Waals surface area contributed by atoms with Gasteiger partial charge in [-0.15, -0.1) is 12.4 Å². The van der Waals surface area contributed by atoms with Gasteiger partial charge < -0.3 is 10.6 Å². The predicted molar refractivity (Wildman–Crippen MR) is 103 cm³/mol. The van der Waals surface area contributed by atoms with Crippen molar-refractivity contribution in [2.75, 3.05) is 31.5 Å². The van der Waals surface area contributed by atoms with Crippen LogP contribution in [0.3, 0.4) is 0 Å². The highest BCUT2D eigenvalue weighted by Gasteiger charge is 2.26. The first-order chi connectivity index (χ1) is 11.4. The first-order valence-electron chi connectivity index (χ1n) is 8.21. The minimum absolute atomic E-state index is 0. The molecular weight excluding hydrogens is 385 g/mol. The van der Waals surface area contributed by atoms with Crippen LogP contribution in [-0.2, 0) is 14.8 Å². The summed E-state index contributed by atoms with van der Waals surface area (Å²) in [6.45, 7) is 5.84. The summed E-state index contributed by atoms with van der Waals surface area (Å²) in [5.41, 5.74) is 0.445. The SMILES string of the molecule is CCN(CC)S(=O)(=O)c1cc(NC(=O)C2CCCNC2)ccc1Cl.Cl. The average Bonchev–Trinajstić information content (AvgIpc) is 2.58. The second-order valence-corrected chi connectivity index (χ2v) is 8.08. The fraction of sp³-hybridized carbons (Fsp3) is 0.562. The van der Waals surface area contributed by atoms with E-state index in [1.165, 1.54) is 16.4 Å². The number of sulfonamides is 1. The molecule has 1 amide bonds. The van der Waals surface area contributed by atoms with E-state index in [2.05, 4.69) is 10.6 Å². The molecule has 1 fully saturated rings. The van der Waals surface area contributed by atoms with Gasteiger partial charge in [0.15, 0.2) is 0 Å². The van der Waals surface area contributed by atoms with Crippen molar-refractivity contribution in [3.63, 3.8) is 0 Å². The van der Waals surface area contributed by atoms with Gasteiger partial charge in [0.05, 0.1) is 10.9 Å². The quantitative estimate of drug-likeness (QED) is 0.756. The number of anilines is 1. The summed E-state index contributed by atoms with van der Waals surface area (Å²) in [4.78, 5) is 12.3. The lowest BCUT2D eigenvalue weighted by atomic mass is 9.99. The van der Waals surface area contributed by atoms with Gasteiger partial charge in [-0.2, -0.15) is 4.31 Å². The number of benzene rings is 1. The molecule has 142 valence electrons. The molecule has 1 saturated heterocycles. The van der Waals surface area contributed by atoms with E-state index in [1.807, 2.05) is 0 Å². The van der Waals surface area contributed by atoms with Crippen molar-refractivity contribution >= 4 is 45.6 Å². The lowest BCUT2D eigenvalue weighted by Gasteiger charge is -2.22. The topological polar surface area (TPSA) is 78.5 Å². The summed E-state index contributed by atoms with van der Waals surface area (Å²) in [6, 6.07) is 4.56. The van der Waals surface area contributed by atoms with Gasteiger partial charge in [0.1, 0.15) is 4.90 Å². The fourth-order valence-electron chi connectivity index (χ4n) is 2.80. The Bertz CT molecular complexity index is 688. The summed E-state index contributed by atoms with van der Waals surface area (Å²) in [6.07, 6.45) is 1.79. The van der Waals surface area contributed by atoms with E-state index in [-0.39, 0.29) is 34.2 Å². The van der Waals surface area contributed by atoms with Crippen LogP contribution in [0, 0.1) is 5.92 Å². The largest absolute Gasteiger partial charge is 0.326 e. The van der Waals surface area contributed by atoms with Gasteiger partial charge in [-0.05, 0) is 37.6 Å². The van der Waals surface area contributed by atoms with Crippen molar-refractivity contribution < 1.29 is 13.2 Å². The summed E-state index contributed by atoms with van der Waals surface area (Å²) >= 11 is 6.10. The number of amides is 1. The Labute approximate surface area is 160 Å². The summed E-state index contributed by atoms with van der Waals surface area (Å²) < 4.78 is 26.7. The molecule has 0 aliphatic carbocycles. The maximum Gasteiger partial charge on any atom is 0.244 e. The summed E-state index contributed by atoms with van der Waals surface area (Å²) in [5.74, 6) is -0.201. The van der Waals surface area contributed by atoms with E-state index in [0.717, 1.165) is 19.4 Å². The lowest BCUT2D eigenvalue weighted by Crippen LogP contribution is -2.37. The minimum Gasteiger partial charge on any atom is -0.326 e. The van der Waals surface area contributed by atoms with E-state index in [1.54, 1.807) is 19.9 Å². The summed E-state index contributed by atoms with van der Waals surface area (Å²) in [5, 5.41) is 6.15. The number of rotatable bonds is 6. The minimum atomic E-state index is -3.68. The molecule has 1 unspecified atom stereocenters. The van der Waals surface area contributed by atoms with Crippen molar-refractivity contribution in [2.45, 2.75) is 31.6 Å². The van der Waals surface area contributed by atoms with E-state index >= 15 is 0 Å². The number of piperidine rings is 1. The standard InChI is InChI=1S/C16H24ClN3O3S.ClH/c1-3-20(4-2)24(22,23)15-10-13(7-8-14(15)17)19-16(21)12-6-5-9-18-11-12;/h7-8,10,12,18H,3-6,9,11H2,1-2H3,(H,19,21);1H. The molecule has 1 heterocycles. The molecule has 1 atom stereocenters. The monoisotopic (exact) mass is 409 g/mol. The molecule has 1 aromatic carbocycles. The first kappa shape index (κ1) is 22.2. The van der Waals surface area contributed by atoms with Gasteiger partial charge in [-0.1, -0.05) is 25.4 Å². The molecule has 0 spiro atoms. The Morgan fingerprint density at radius 3 is 2.60 bits per heavy atom. The molecule has 0 bridgehead atoms. The van der Waals surface area contributed by atoms with E-state index in [4.69, 9.17) is 11.6 Å². The highest BCUT2D eigenvalue weighted by atomic mass is 35.5. The second-order valence-electron chi connectivity index (χ2n) is 5.77. The van der Waals surface area contributed by atoms with Gasteiger partial charge in [0.2, 0.25) is 15.9 Å². The number of carbonyl (C=O) groups excluding carboxylic acids is 1. The van der Waals surface area contributed by atoms with Crippen molar-refractivity contribution in [3.05, 3.63) is 23.2 Å². The van der Waals surface area contributed by atoms with Crippen LogP contribution in [0.25, 0.3) is 0 Å². The van der Waals surface area contributed by atoms with Gasteiger partial charge in [0.25, 0.3) is 0 Å². The third-order valence-corrected chi connectivity index (χ3v) is 6.72. The third-order valence-electron chi connectivity index (χ3n) is 4.19. The highest BCUT2D eigenvalue weighted by molar-refractivity contribution is 7.89. The van der Waals surface area contributed by atoms with Crippen LogP contribution in [0.1, 0.15) is 26.7 Å². The van der Waals surface area contributed by atoms with Gasteiger partial charge >= 0.3 is 0 Å². The fourth-order valence-corrected chi connectivity index (χ4v) is 4.76. The second kappa shape index (κ2) is 9.73. The number of hydrogen-bond donors (Lipinski definition) is 2. The number of halogens is 2. The van der Waals surface area contributed by atoms with Crippen LogP contribution < -0.4 is 10.6 Å². The highest BCUT2D eigenvalue weighted by Crippen LogP contribution is 2.28. The third kappa shape index (κ3) is 5.31. The normalized spacial score (nSPS) is 17.8. The number of nitrogens with one attached hydrogen (secondary N) is 2. The van der Waals surface area contributed by atoms with Crippen LogP contribution in [0.5, 0.6) is 0 Å². The molecule has 0 saturated carbocycles. The smallest absolute Gasteiger partial charge is 0.244 e. The first-order valence-corrected chi connectivity index (χ1v) is 10.0. The van der Waals surface area contributed by atoms with E-state index < -0.39 is 10.0 Å². The van der Waals surface area contributed by atoms with Crippen molar-refractivity contribution in [1.29, 1.82) is 0 Å². The van der Waals surface area contributed by atoms with Crippen molar-refractivity contribution in [1.82, 2.24) is 9.62 Å². The van der Waals surface area contributed by atoms with Crippen molar-refractivity contribution in [2.24, 2.45) is 5.92 Å². The molecule has 0 aromatic heterocycles. The van der Waals surface area contributed by atoms with Gasteiger partial charge in [-0.3, -0.25) is 4.79 Å². The Morgan fingerprint density at radius 1 is 1.36 bits per heavy atom. The predicted octanol–water partition coefficient (Wildman–Crippen LogP) is 2.73. The van der Waals surface area contributed by atoms with Crippen LogP contribution in [0.15, 0.2) is 23.1 Å². The van der Waals surface area contributed by atoms with Crippen LogP contribution in [0.4, 0.5) is 5.69 Å².